The van der Waals surface area contributed by atoms with E-state index in [1.165, 1.54) is 11.1 Å². The van der Waals surface area contributed by atoms with Crippen LogP contribution in [0.3, 0.4) is 0 Å². The van der Waals surface area contributed by atoms with Gasteiger partial charge in [-0.05, 0) is 37.1 Å². The van der Waals surface area contributed by atoms with Gasteiger partial charge in [0.05, 0.1) is 0 Å². The zero-order valence-corrected chi connectivity index (χ0v) is 12.4. The van der Waals surface area contributed by atoms with E-state index in [4.69, 9.17) is 10.00 Å². The number of nitrogens with zero attached hydrogens (tertiary/aromatic N) is 1. The summed E-state index contributed by atoms with van der Waals surface area (Å²) in [5.74, 6) is 0.726. The van der Waals surface area contributed by atoms with Crippen LogP contribution in [0, 0.1) is 11.3 Å². The van der Waals surface area contributed by atoms with Crippen LogP contribution in [0.15, 0.2) is 54.6 Å². The normalized spacial score (nSPS) is 13.2. The second-order valence-corrected chi connectivity index (χ2v) is 5.04. The molecule has 2 rings (SSSR count). The second kappa shape index (κ2) is 7.47. The van der Waals surface area contributed by atoms with Crippen molar-refractivity contribution in [3.8, 4) is 11.8 Å². The maximum Gasteiger partial charge on any atom is 0.174 e. The second-order valence-electron chi connectivity index (χ2n) is 5.04. The lowest BCUT2D eigenvalue weighted by Gasteiger charge is -2.21. The molecule has 1 unspecified atom stereocenters. The standard InChI is InChI=1S/C18H20N2O/c1-14(16-6-4-3-5-7-16)20-15(2)17-8-10-18(11-9-17)21-13-12-19/h3-11,14-15,20H,13H2,1-2H3/t14-,15?/m0/s1. The molecule has 3 heteroatoms. The molecule has 21 heavy (non-hydrogen) atoms. The van der Waals surface area contributed by atoms with Gasteiger partial charge in [-0.15, -0.1) is 0 Å². The number of nitrogens with one attached hydrogen (secondary N) is 1. The first kappa shape index (κ1) is 15.1. The Kier molecular flexibility index (Phi) is 5.36. The Balaban J connectivity index is 1.97. The van der Waals surface area contributed by atoms with Gasteiger partial charge in [-0.3, -0.25) is 0 Å². The van der Waals surface area contributed by atoms with E-state index in [1.54, 1.807) is 0 Å². The Hall–Kier alpha value is -2.31. The summed E-state index contributed by atoms with van der Waals surface area (Å²) in [7, 11) is 0. The molecule has 0 spiro atoms. The van der Waals surface area contributed by atoms with Crippen LogP contribution in [0.2, 0.25) is 0 Å². The lowest BCUT2D eigenvalue weighted by molar-refractivity contribution is 0.368. The third kappa shape index (κ3) is 4.34. The van der Waals surface area contributed by atoms with E-state index in [1.807, 2.05) is 36.4 Å². The van der Waals surface area contributed by atoms with E-state index < -0.39 is 0 Å². The van der Waals surface area contributed by atoms with Crippen molar-refractivity contribution in [3.05, 3.63) is 65.7 Å². The van der Waals surface area contributed by atoms with Crippen LogP contribution >= 0.6 is 0 Å². The number of hydrogen-bond donors (Lipinski definition) is 1. The molecule has 0 fully saturated rings. The van der Waals surface area contributed by atoms with Crippen molar-refractivity contribution >= 4 is 0 Å². The van der Waals surface area contributed by atoms with Crippen molar-refractivity contribution in [2.45, 2.75) is 25.9 Å². The lowest BCUT2D eigenvalue weighted by atomic mass is 10.0. The summed E-state index contributed by atoms with van der Waals surface area (Å²) in [6.07, 6.45) is 0. The SMILES string of the molecule is CC(N[C@@H](C)c1ccccc1)c1ccc(OCC#N)cc1. The highest BCUT2D eigenvalue weighted by Gasteiger charge is 2.10. The van der Waals surface area contributed by atoms with Gasteiger partial charge in [0, 0.05) is 12.1 Å². The summed E-state index contributed by atoms with van der Waals surface area (Å²) in [5.41, 5.74) is 2.47. The van der Waals surface area contributed by atoms with Crippen LogP contribution in [-0.4, -0.2) is 6.61 Å². The van der Waals surface area contributed by atoms with Crippen LogP contribution in [-0.2, 0) is 0 Å². The molecular weight excluding hydrogens is 260 g/mol. The Labute approximate surface area is 126 Å². The molecule has 0 aliphatic heterocycles. The fraction of sp³-hybridized carbons (Fsp3) is 0.278. The number of nitriles is 1. The van der Waals surface area contributed by atoms with Gasteiger partial charge in [0.25, 0.3) is 0 Å². The predicted octanol–water partition coefficient (Wildman–Crippen LogP) is 4.00. The molecule has 2 aromatic carbocycles. The first-order chi connectivity index (χ1) is 10.2. The molecule has 3 nitrogen and oxygen atoms in total. The average Bonchev–Trinajstić information content (AvgIpc) is 2.54. The fourth-order valence-electron chi connectivity index (χ4n) is 2.28. The van der Waals surface area contributed by atoms with Crippen LogP contribution in [0.4, 0.5) is 0 Å². The summed E-state index contributed by atoms with van der Waals surface area (Å²) in [6, 6.07) is 20.7. The third-order valence-electron chi connectivity index (χ3n) is 3.48. The number of hydrogen-bond acceptors (Lipinski definition) is 3. The van der Waals surface area contributed by atoms with E-state index in [0.717, 1.165) is 5.75 Å². The van der Waals surface area contributed by atoms with Crippen molar-refractivity contribution in [2.75, 3.05) is 6.61 Å². The van der Waals surface area contributed by atoms with E-state index in [0.29, 0.717) is 0 Å². The highest BCUT2D eigenvalue weighted by atomic mass is 16.5. The van der Waals surface area contributed by atoms with Crippen molar-refractivity contribution in [2.24, 2.45) is 0 Å². The van der Waals surface area contributed by atoms with Crippen molar-refractivity contribution in [3.63, 3.8) is 0 Å². The quantitative estimate of drug-likeness (QED) is 0.869. The molecule has 0 aromatic heterocycles. The van der Waals surface area contributed by atoms with Gasteiger partial charge in [-0.2, -0.15) is 5.26 Å². The number of rotatable bonds is 6. The van der Waals surface area contributed by atoms with Crippen LogP contribution in [0.1, 0.15) is 37.1 Å². The van der Waals surface area contributed by atoms with E-state index >= 15 is 0 Å². The molecule has 0 radical (unpaired) electrons. The molecule has 0 bridgehead atoms. The highest BCUT2D eigenvalue weighted by molar-refractivity contribution is 5.29. The van der Waals surface area contributed by atoms with Crippen LogP contribution < -0.4 is 10.1 Å². The molecule has 1 N–H and O–H groups in total. The van der Waals surface area contributed by atoms with Crippen LogP contribution in [0.25, 0.3) is 0 Å². The topological polar surface area (TPSA) is 45.0 Å². The van der Waals surface area contributed by atoms with Gasteiger partial charge in [-0.1, -0.05) is 42.5 Å². The van der Waals surface area contributed by atoms with E-state index in [9.17, 15) is 0 Å². The summed E-state index contributed by atoms with van der Waals surface area (Å²) in [6.45, 7) is 4.39. The summed E-state index contributed by atoms with van der Waals surface area (Å²) in [4.78, 5) is 0. The van der Waals surface area contributed by atoms with Gasteiger partial charge in [-0.25, -0.2) is 0 Å². The van der Waals surface area contributed by atoms with E-state index in [2.05, 4.69) is 43.4 Å². The van der Waals surface area contributed by atoms with Crippen molar-refractivity contribution in [1.29, 1.82) is 5.26 Å². The maximum absolute atomic E-state index is 8.49. The predicted molar refractivity (Wildman–Crippen MR) is 84.0 cm³/mol. The van der Waals surface area contributed by atoms with Gasteiger partial charge in [0.1, 0.15) is 11.8 Å². The van der Waals surface area contributed by atoms with Gasteiger partial charge in [0.2, 0.25) is 0 Å². The molecular formula is C18H20N2O. The Morgan fingerprint density at radius 2 is 1.52 bits per heavy atom. The first-order valence-electron chi connectivity index (χ1n) is 7.11. The molecule has 0 heterocycles. The Morgan fingerprint density at radius 3 is 2.10 bits per heavy atom. The molecule has 0 aliphatic rings. The molecule has 108 valence electrons. The van der Waals surface area contributed by atoms with Crippen molar-refractivity contribution in [1.82, 2.24) is 5.32 Å². The van der Waals surface area contributed by atoms with Crippen LogP contribution in [0.5, 0.6) is 5.75 Å². The highest BCUT2D eigenvalue weighted by Crippen LogP contribution is 2.21. The molecule has 0 aliphatic carbocycles. The minimum Gasteiger partial charge on any atom is -0.479 e. The molecule has 2 aromatic rings. The number of benzene rings is 2. The van der Waals surface area contributed by atoms with Gasteiger partial charge in [0.15, 0.2) is 6.61 Å². The summed E-state index contributed by atoms with van der Waals surface area (Å²) < 4.78 is 5.26. The molecule has 0 amide bonds. The minimum atomic E-state index is 0.0815. The zero-order chi connectivity index (χ0) is 15.1. The fourth-order valence-corrected chi connectivity index (χ4v) is 2.28. The third-order valence-corrected chi connectivity index (χ3v) is 3.48. The molecule has 0 saturated carbocycles. The monoisotopic (exact) mass is 280 g/mol. The minimum absolute atomic E-state index is 0.0815. The molecule has 0 saturated heterocycles. The first-order valence-corrected chi connectivity index (χ1v) is 7.11. The number of ether oxygens (including phenoxy) is 1. The maximum atomic E-state index is 8.49. The van der Waals surface area contributed by atoms with Gasteiger partial charge < -0.3 is 10.1 Å². The van der Waals surface area contributed by atoms with E-state index in [-0.39, 0.29) is 18.7 Å². The molecule has 2 atom stereocenters. The lowest BCUT2D eigenvalue weighted by Crippen LogP contribution is -2.22. The Bertz CT molecular complexity index is 587. The smallest absolute Gasteiger partial charge is 0.174 e. The van der Waals surface area contributed by atoms with Gasteiger partial charge >= 0.3 is 0 Å². The largest absolute Gasteiger partial charge is 0.479 e. The summed E-state index contributed by atoms with van der Waals surface area (Å²) >= 11 is 0. The zero-order valence-electron chi connectivity index (χ0n) is 12.4. The Morgan fingerprint density at radius 1 is 0.952 bits per heavy atom. The summed E-state index contributed by atoms with van der Waals surface area (Å²) in [5, 5.41) is 12.1. The van der Waals surface area contributed by atoms with Crippen molar-refractivity contribution < 1.29 is 4.74 Å². The average molecular weight is 280 g/mol.